The van der Waals surface area contributed by atoms with Gasteiger partial charge in [-0.2, -0.15) is 11.8 Å². The zero-order chi connectivity index (χ0) is 14.5. The maximum absolute atomic E-state index is 12.3. The average Bonchev–Trinajstić information content (AvgIpc) is 2.22. The fourth-order valence-corrected chi connectivity index (χ4v) is 2.77. The molecular formula is C13H25NO3S. The van der Waals surface area contributed by atoms with Crippen molar-refractivity contribution in [2.45, 2.75) is 40.2 Å². The lowest BCUT2D eigenvalue weighted by molar-refractivity contribution is -0.156. The van der Waals surface area contributed by atoms with Crippen molar-refractivity contribution < 1.29 is 14.7 Å². The SMILES string of the molecule is CCC(CSC)N(C)C(=O)C(C(=O)O)C(C)(C)C. The Bertz CT molecular complexity index is 299. The second-order valence-corrected chi connectivity index (χ2v) is 6.51. The highest BCUT2D eigenvalue weighted by Crippen LogP contribution is 2.28. The van der Waals surface area contributed by atoms with E-state index in [-0.39, 0.29) is 11.9 Å². The summed E-state index contributed by atoms with van der Waals surface area (Å²) in [5, 5.41) is 9.26. The number of carbonyl (C=O) groups is 2. The van der Waals surface area contributed by atoms with Crippen molar-refractivity contribution in [2.75, 3.05) is 19.1 Å². The summed E-state index contributed by atoms with van der Waals surface area (Å²) in [5.74, 6) is -1.50. The average molecular weight is 275 g/mol. The van der Waals surface area contributed by atoms with E-state index in [0.29, 0.717) is 0 Å². The minimum Gasteiger partial charge on any atom is -0.481 e. The molecule has 0 aliphatic rings. The number of hydrogen-bond acceptors (Lipinski definition) is 3. The third-order valence-electron chi connectivity index (χ3n) is 3.09. The van der Waals surface area contributed by atoms with Gasteiger partial charge in [0, 0.05) is 18.8 Å². The molecule has 2 unspecified atom stereocenters. The molecule has 0 aromatic heterocycles. The molecule has 4 nitrogen and oxygen atoms in total. The van der Waals surface area contributed by atoms with Gasteiger partial charge in [-0.3, -0.25) is 9.59 Å². The summed E-state index contributed by atoms with van der Waals surface area (Å²) < 4.78 is 0. The van der Waals surface area contributed by atoms with E-state index in [1.165, 1.54) is 0 Å². The van der Waals surface area contributed by atoms with Crippen LogP contribution in [-0.4, -0.2) is 47.0 Å². The van der Waals surface area contributed by atoms with Gasteiger partial charge in [0.2, 0.25) is 5.91 Å². The monoisotopic (exact) mass is 275 g/mol. The molecular weight excluding hydrogens is 250 g/mol. The molecule has 0 radical (unpaired) electrons. The molecule has 1 amide bonds. The van der Waals surface area contributed by atoms with Crippen molar-refractivity contribution in [2.24, 2.45) is 11.3 Å². The van der Waals surface area contributed by atoms with E-state index >= 15 is 0 Å². The minimum atomic E-state index is -1.04. The predicted octanol–water partition coefficient (Wildman–Crippen LogP) is 2.33. The Kier molecular flexibility index (Phi) is 6.74. The molecule has 0 fully saturated rings. The van der Waals surface area contributed by atoms with Gasteiger partial charge in [0.15, 0.2) is 0 Å². The number of aliphatic carboxylic acids is 1. The highest BCUT2D eigenvalue weighted by molar-refractivity contribution is 7.98. The topological polar surface area (TPSA) is 57.6 Å². The number of carboxylic acid groups (broad SMARTS) is 1. The largest absolute Gasteiger partial charge is 0.481 e. The first-order valence-corrected chi connectivity index (χ1v) is 7.54. The fraction of sp³-hybridized carbons (Fsp3) is 0.846. The van der Waals surface area contributed by atoms with Crippen LogP contribution >= 0.6 is 11.8 Å². The summed E-state index contributed by atoms with van der Waals surface area (Å²) >= 11 is 1.67. The van der Waals surface area contributed by atoms with Gasteiger partial charge < -0.3 is 10.0 Å². The fourth-order valence-electron chi connectivity index (χ4n) is 1.93. The first-order valence-electron chi connectivity index (χ1n) is 6.15. The van der Waals surface area contributed by atoms with E-state index in [2.05, 4.69) is 0 Å². The number of carbonyl (C=O) groups excluding carboxylic acids is 1. The summed E-state index contributed by atoms with van der Waals surface area (Å²) in [5.41, 5.74) is -0.575. The number of nitrogens with zero attached hydrogens (tertiary/aromatic N) is 1. The third-order valence-corrected chi connectivity index (χ3v) is 3.80. The summed E-state index contributed by atoms with van der Waals surface area (Å²) in [4.78, 5) is 25.2. The molecule has 5 heteroatoms. The molecule has 0 aliphatic carbocycles. The summed E-state index contributed by atoms with van der Waals surface area (Å²) in [6.45, 7) is 7.37. The molecule has 2 atom stereocenters. The number of amides is 1. The summed E-state index contributed by atoms with van der Waals surface area (Å²) in [6, 6.07) is 0.0942. The lowest BCUT2D eigenvalue weighted by Gasteiger charge is -2.33. The second-order valence-electron chi connectivity index (χ2n) is 5.60. The second kappa shape index (κ2) is 7.02. The smallest absolute Gasteiger partial charge is 0.316 e. The quantitative estimate of drug-likeness (QED) is 0.756. The van der Waals surface area contributed by atoms with Gasteiger partial charge in [0.1, 0.15) is 5.92 Å². The molecule has 0 rings (SSSR count). The molecule has 106 valence electrons. The lowest BCUT2D eigenvalue weighted by Crippen LogP contribution is -2.48. The maximum atomic E-state index is 12.3. The van der Waals surface area contributed by atoms with E-state index in [1.54, 1.807) is 44.5 Å². The molecule has 0 saturated carbocycles. The Morgan fingerprint density at radius 2 is 1.83 bits per heavy atom. The Hall–Kier alpha value is -0.710. The standard InChI is InChI=1S/C13H25NO3S/c1-7-9(8-18-6)14(5)11(15)10(12(16)17)13(2,3)4/h9-10H,7-8H2,1-6H3,(H,16,17). The van der Waals surface area contributed by atoms with Gasteiger partial charge in [-0.25, -0.2) is 0 Å². The van der Waals surface area contributed by atoms with Crippen LogP contribution in [0, 0.1) is 11.3 Å². The molecule has 0 aromatic carbocycles. The van der Waals surface area contributed by atoms with Crippen molar-refractivity contribution in [3.8, 4) is 0 Å². The molecule has 0 heterocycles. The van der Waals surface area contributed by atoms with Gasteiger partial charge in [-0.05, 0) is 18.1 Å². The van der Waals surface area contributed by atoms with Crippen LogP contribution in [0.25, 0.3) is 0 Å². The minimum absolute atomic E-state index is 0.0942. The maximum Gasteiger partial charge on any atom is 0.316 e. The predicted molar refractivity (Wildman–Crippen MR) is 75.8 cm³/mol. The van der Waals surface area contributed by atoms with E-state index in [0.717, 1.165) is 12.2 Å². The van der Waals surface area contributed by atoms with E-state index in [1.807, 2.05) is 13.2 Å². The van der Waals surface area contributed by atoms with Gasteiger partial charge in [-0.15, -0.1) is 0 Å². The number of carboxylic acids is 1. The Morgan fingerprint density at radius 1 is 1.33 bits per heavy atom. The zero-order valence-electron chi connectivity index (χ0n) is 12.2. The number of rotatable bonds is 6. The molecule has 0 saturated heterocycles. The highest BCUT2D eigenvalue weighted by atomic mass is 32.2. The van der Waals surface area contributed by atoms with Crippen molar-refractivity contribution in [3.63, 3.8) is 0 Å². The normalized spacial score (nSPS) is 15.0. The number of hydrogen-bond donors (Lipinski definition) is 1. The van der Waals surface area contributed by atoms with Gasteiger partial charge in [0.05, 0.1) is 0 Å². The molecule has 0 aliphatic heterocycles. The van der Waals surface area contributed by atoms with Crippen molar-refractivity contribution in [3.05, 3.63) is 0 Å². The molecule has 18 heavy (non-hydrogen) atoms. The molecule has 0 spiro atoms. The van der Waals surface area contributed by atoms with Crippen LogP contribution < -0.4 is 0 Å². The van der Waals surface area contributed by atoms with Crippen LogP contribution in [0.3, 0.4) is 0 Å². The lowest BCUT2D eigenvalue weighted by atomic mass is 9.79. The van der Waals surface area contributed by atoms with Crippen molar-refractivity contribution in [1.29, 1.82) is 0 Å². The highest BCUT2D eigenvalue weighted by Gasteiger charge is 2.40. The van der Waals surface area contributed by atoms with Gasteiger partial charge in [-0.1, -0.05) is 27.7 Å². The zero-order valence-corrected chi connectivity index (χ0v) is 13.0. The van der Waals surface area contributed by atoms with Crippen LogP contribution in [0.4, 0.5) is 0 Å². The van der Waals surface area contributed by atoms with E-state index in [9.17, 15) is 14.7 Å². The van der Waals surface area contributed by atoms with Crippen LogP contribution in [0.2, 0.25) is 0 Å². The van der Waals surface area contributed by atoms with Crippen LogP contribution in [0.1, 0.15) is 34.1 Å². The van der Waals surface area contributed by atoms with Crippen LogP contribution in [0.15, 0.2) is 0 Å². The van der Waals surface area contributed by atoms with Crippen LogP contribution in [-0.2, 0) is 9.59 Å². The Balaban J connectivity index is 5.03. The summed E-state index contributed by atoms with van der Waals surface area (Å²) in [6.07, 6.45) is 2.82. The van der Waals surface area contributed by atoms with Gasteiger partial charge in [0.25, 0.3) is 0 Å². The van der Waals surface area contributed by atoms with Crippen LogP contribution in [0.5, 0.6) is 0 Å². The summed E-state index contributed by atoms with van der Waals surface area (Å²) in [7, 11) is 1.70. The van der Waals surface area contributed by atoms with E-state index in [4.69, 9.17) is 0 Å². The van der Waals surface area contributed by atoms with Crippen molar-refractivity contribution in [1.82, 2.24) is 4.90 Å². The first-order chi connectivity index (χ1) is 8.16. The van der Waals surface area contributed by atoms with Gasteiger partial charge >= 0.3 is 5.97 Å². The third kappa shape index (κ3) is 4.52. The number of thioether (sulfide) groups is 1. The van der Waals surface area contributed by atoms with E-state index < -0.39 is 17.3 Å². The Morgan fingerprint density at radius 3 is 2.11 bits per heavy atom. The van der Waals surface area contributed by atoms with Crippen molar-refractivity contribution >= 4 is 23.6 Å². The molecule has 1 N–H and O–H groups in total. The first kappa shape index (κ1) is 17.3. The molecule has 0 bridgehead atoms. The molecule has 0 aromatic rings. The Labute approximate surface area is 114 Å².